The van der Waals surface area contributed by atoms with Gasteiger partial charge < -0.3 is 20.2 Å². The number of aromatic nitrogens is 2. The molecule has 0 radical (unpaired) electrons. The fourth-order valence-corrected chi connectivity index (χ4v) is 1.76. The minimum absolute atomic E-state index is 0.170. The standard InChI is InChI=1S/C10H12N2O3S/c13-8(4-16)9(14)5-1-2-6-7(3-5)12-10(15)11-6/h1-3,8-9,13-14,16H,4H2,(H2,11,12,15). The van der Waals surface area contributed by atoms with Crippen molar-refractivity contribution < 1.29 is 10.2 Å². The average molecular weight is 240 g/mol. The number of thiol groups is 1. The molecule has 0 fully saturated rings. The van der Waals surface area contributed by atoms with Gasteiger partial charge in [-0.15, -0.1) is 0 Å². The minimum Gasteiger partial charge on any atom is -0.389 e. The molecule has 2 rings (SSSR count). The van der Waals surface area contributed by atoms with Gasteiger partial charge in [0.05, 0.1) is 17.1 Å². The quantitative estimate of drug-likeness (QED) is 0.496. The summed E-state index contributed by atoms with van der Waals surface area (Å²) in [5.74, 6) is 0.170. The molecule has 86 valence electrons. The lowest BCUT2D eigenvalue weighted by Gasteiger charge is -2.15. The van der Waals surface area contributed by atoms with Gasteiger partial charge in [0.15, 0.2) is 0 Å². The van der Waals surface area contributed by atoms with Crippen LogP contribution in [-0.2, 0) is 0 Å². The average Bonchev–Trinajstić information content (AvgIpc) is 2.65. The van der Waals surface area contributed by atoms with Crippen LogP contribution >= 0.6 is 12.6 Å². The molecule has 1 aromatic heterocycles. The second-order valence-electron chi connectivity index (χ2n) is 3.58. The second-order valence-corrected chi connectivity index (χ2v) is 3.94. The van der Waals surface area contributed by atoms with Crippen molar-refractivity contribution in [3.8, 4) is 0 Å². The first-order valence-corrected chi connectivity index (χ1v) is 5.44. The van der Waals surface area contributed by atoms with Crippen LogP contribution in [0.15, 0.2) is 23.0 Å². The van der Waals surface area contributed by atoms with Crippen LogP contribution in [0.5, 0.6) is 0 Å². The predicted octanol–water partition coefficient (Wildman–Crippen LogP) is 0.180. The predicted molar refractivity (Wildman–Crippen MR) is 63.7 cm³/mol. The molecule has 0 saturated carbocycles. The topological polar surface area (TPSA) is 89.1 Å². The molecule has 2 unspecified atom stereocenters. The van der Waals surface area contributed by atoms with Crippen molar-refractivity contribution in [2.45, 2.75) is 12.2 Å². The van der Waals surface area contributed by atoms with Crippen LogP contribution in [-0.4, -0.2) is 32.0 Å². The van der Waals surface area contributed by atoms with Crippen LogP contribution in [0.4, 0.5) is 0 Å². The number of hydrogen-bond acceptors (Lipinski definition) is 4. The summed E-state index contributed by atoms with van der Waals surface area (Å²) >= 11 is 3.91. The fraction of sp³-hybridized carbons (Fsp3) is 0.300. The number of nitrogens with one attached hydrogen (secondary N) is 2. The molecule has 2 atom stereocenters. The maximum Gasteiger partial charge on any atom is 0.323 e. The number of rotatable bonds is 3. The molecule has 0 amide bonds. The zero-order valence-electron chi connectivity index (χ0n) is 8.34. The van der Waals surface area contributed by atoms with Gasteiger partial charge in [-0.3, -0.25) is 0 Å². The number of fused-ring (bicyclic) bond motifs is 1. The fourth-order valence-electron chi connectivity index (χ4n) is 1.56. The molecular formula is C10H12N2O3S. The van der Waals surface area contributed by atoms with Crippen molar-refractivity contribution in [2.24, 2.45) is 0 Å². The van der Waals surface area contributed by atoms with Crippen molar-refractivity contribution >= 4 is 23.7 Å². The van der Waals surface area contributed by atoms with Gasteiger partial charge in [0.25, 0.3) is 0 Å². The molecule has 1 heterocycles. The lowest BCUT2D eigenvalue weighted by Crippen LogP contribution is -2.19. The molecule has 16 heavy (non-hydrogen) atoms. The van der Waals surface area contributed by atoms with E-state index in [0.29, 0.717) is 16.6 Å². The largest absolute Gasteiger partial charge is 0.389 e. The Hall–Kier alpha value is -1.24. The van der Waals surface area contributed by atoms with Crippen LogP contribution in [0.3, 0.4) is 0 Å². The summed E-state index contributed by atoms with van der Waals surface area (Å²) < 4.78 is 0. The number of aliphatic hydroxyl groups is 2. The van der Waals surface area contributed by atoms with E-state index in [1.807, 2.05) is 0 Å². The van der Waals surface area contributed by atoms with Crippen LogP contribution in [0.2, 0.25) is 0 Å². The summed E-state index contributed by atoms with van der Waals surface area (Å²) in [6.07, 6.45) is -1.92. The van der Waals surface area contributed by atoms with E-state index < -0.39 is 12.2 Å². The van der Waals surface area contributed by atoms with Crippen molar-refractivity contribution in [3.05, 3.63) is 34.2 Å². The molecule has 4 N–H and O–H groups in total. The molecule has 0 saturated heterocycles. The summed E-state index contributed by atoms with van der Waals surface area (Å²) in [5, 5.41) is 19.2. The van der Waals surface area contributed by atoms with Gasteiger partial charge in [0.1, 0.15) is 6.10 Å². The SMILES string of the molecule is O=c1[nH]c2ccc(C(O)C(O)CS)cc2[nH]1. The minimum atomic E-state index is -1.000. The molecule has 0 aliphatic rings. The highest BCUT2D eigenvalue weighted by Crippen LogP contribution is 2.20. The van der Waals surface area contributed by atoms with E-state index in [0.717, 1.165) is 0 Å². The monoisotopic (exact) mass is 240 g/mol. The summed E-state index contributed by atoms with van der Waals surface area (Å²) in [7, 11) is 0. The molecule has 1 aromatic carbocycles. The maximum atomic E-state index is 11.0. The summed E-state index contributed by atoms with van der Waals surface area (Å²) in [6, 6.07) is 4.96. The summed E-state index contributed by atoms with van der Waals surface area (Å²) in [6.45, 7) is 0. The number of hydrogen-bond donors (Lipinski definition) is 5. The number of imidazole rings is 1. The van der Waals surface area contributed by atoms with Gasteiger partial charge in [-0.05, 0) is 17.7 Å². The lowest BCUT2D eigenvalue weighted by atomic mass is 10.0. The Balaban J connectivity index is 2.42. The molecular weight excluding hydrogens is 228 g/mol. The first-order chi connectivity index (χ1) is 7.61. The van der Waals surface area contributed by atoms with Crippen molar-refractivity contribution in [3.63, 3.8) is 0 Å². The maximum absolute atomic E-state index is 11.0. The van der Waals surface area contributed by atoms with Gasteiger partial charge in [0.2, 0.25) is 0 Å². The van der Waals surface area contributed by atoms with E-state index in [-0.39, 0.29) is 11.4 Å². The van der Waals surface area contributed by atoms with Crippen LogP contribution in [0, 0.1) is 0 Å². The van der Waals surface area contributed by atoms with Crippen LogP contribution in [0.25, 0.3) is 11.0 Å². The Morgan fingerprint density at radius 1 is 1.25 bits per heavy atom. The van der Waals surface area contributed by atoms with Crippen LogP contribution < -0.4 is 5.69 Å². The highest BCUT2D eigenvalue weighted by Gasteiger charge is 2.17. The Labute approximate surface area is 96.5 Å². The van der Waals surface area contributed by atoms with Gasteiger partial charge in [-0.25, -0.2) is 4.79 Å². The molecule has 0 spiro atoms. The third-order valence-corrected chi connectivity index (χ3v) is 2.81. The Morgan fingerprint density at radius 2 is 1.94 bits per heavy atom. The van der Waals surface area contributed by atoms with Crippen molar-refractivity contribution in [2.75, 3.05) is 5.75 Å². The first-order valence-electron chi connectivity index (χ1n) is 4.81. The molecule has 0 aliphatic carbocycles. The van der Waals surface area contributed by atoms with Crippen molar-refractivity contribution in [1.29, 1.82) is 0 Å². The normalized spacial score (nSPS) is 15.2. The lowest BCUT2D eigenvalue weighted by molar-refractivity contribution is 0.0338. The Kier molecular flexibility index (Phi) is 3.04. The number of aliphatic hydroxyl groups excluding tert-OH is 2. The van der Waals surface area contributed by atoms with Gasteiger partial charge in [-0.2, -0.15) is 12.6 Å². The van der Waals surface area contributed by atoms with E-state index in [1.54, 1.807) is 18.2 Å². The molecule has 5 nitrogen and oxygen atoms in total. The third kappa shape index (κ3) is 1.99. The summed E-state index contributed by atoms with van der Waals surface area (Å²) in [4.78, 5) is 16.2. The van der Waals surface area contributed by atoms with Gasteiger partial charge in [0, 0.05) is 5.75 Å². The van der Waals surface area contributed by atoms with E-state index >= 15 is 0 Å². The highest BCUT2D eigenvalue weighted by molar-refractivity contribution is 7.80. The van der Waals surface area contributed by atoms with E-state index in [1.165, 1.54) is 0 Å². The van der Waals surface area contributed by atoms with Gasteiger partial charge in [-0.1, -0.05) is 6.07 Å². The highest BCUT2D eigenvalue weighted by atomic mass is 32.1. The Morgan fingerprint density at radius 3 is 2.62 bits per heavy atom. The smallest absolute Gasteiger partial charge is 0.323 e. The van der Waals surface area contributed by atoms with Crippen LogP contribution in [0.1, 0.15) is 11.7 Å². The molecule has 0 bridgehead atoms. The van der Waals surface area contributed by atoms with E-state index in [4.69, 9.17) is 0 Å². The van der Waals surface area contributed by atoms with E-state index in [2.05, 4.69) is 22.6 Å². The number of H-pyrrole nitrogens is 2. The third-order valence-electron chi connectivity index (χ3n) is 2.43. The van der Waals surface area contributed by atoms with Crippen molar-refractivity contribution in [1.82, 2.24) is 9.97 Å². The number of aromatic amines is 2. The second kappa shape index (κ2) is 4.32. The van der Waals surface area contributed by atoms with Gasteiger partial charge >= 0.3 is 5.69 Å². The zero-order valence-corrected chi connectivity index (χ0v) is 9.24. The van der Waals surface area contributed by atoms with E-state index in [9.17, 15) is 15.0 Å². The Bertz CT molecular complexity index is 548. The first kappa shape index (κ1) is 11.3. The molecule has 0 aliphatic heterocycles. The molecule has 6 heteroatoms. The number of benzene rings is 1. The molecule has 2 aromatic rings. The zero-order chi connectivity index (χ0) is 11.7. The summed E-state index contributed by atoms with van der Waals surface area (Å²) in [5.41, 5.74) is 1.52.